The quantitative estimate of drug-likeness (QED) is 0.856. The molecule has 0 radical (unpaired) electrons. The number of alkyl halides is 3. The van der Waals surface area contributed by atoms with Crippen molar-refractivity contribution in [2.24, 2.45) is 0 Å². The zero-order chi connectivity index (χ0) is 17.9. The van der Waals surface area contributed by atoms with Crippen molar-refractivity contribution in [1.82, 2.24) is 9.13 Å². The van der Waals surface area contributed by atoms with Crippen LogP contribution < -0.4 is 17.0 Å². The molecule has 0 spiro atoms. The van der Waals surface area contributed by atoms with E-state index in [9.17, 15) is 27.9 Å². The average Bonchev–Trinajstić information content (AvgIpc) is 2.51. The lowest BCUT2D eigenvalue weighted by Gasteiger charge is -2.16. The molecule has 0 aliphatic rings. The van der Waals surface area contributed by atoms with Crippen LogP contribution in [0.2, 0.25) is 0 Å². The van der Waals surface area contributed by atoms with Crippen molar-refractivity contribution in [1.29, 1.82) is 0 Å². The molecule has 24 heavy (non-hydrogen) atoms. The third-order valence-electron chi connectivity index (χ3n) is 3.46. The standard InChI is InChI=1S/C15H16F3N3O3/c16-15(17,18)9-21-12(19)8-13(23)20(14(21)24)7-6-11(22)10-4-2-1-3-5-10/h1-5,8,11,22H,6-7,9,19H2/t11-/m0/s1. The van der Waals surface area contributed by atoms with Crippen LogP contribution in [0, 0.1) is 0 Å². The number of anilines is 1. The molecule has 130 valence electrons. The van der Waals surface area contributed by atoms with Crippen molar-refractivity contribution in [3.05, 3.63) is 62.8 Å². The number of benzene rings is 1. The molecule has 0 amide bonds. The molecule has 6 nitrogen and oxygen atoms in total. The van der Waals surface area contributed by atoms with Gasteiger partial charge >= 0.3 is 11.9 Å². The second-order valence-corrected chi connectivity index (χ2v) is 5.26. The maximum Gasteiger partial charge on any atom is 0.406 e. The second-order valence-electron chi connectivity index (χ2n) is 5.26. The van der Waals surface area contributed by atoms with Gasteiger partial charge < -0.3 is 10.8 Å². The highest BCUT2D eigenvalue weighted by Gasteiger charge is 2.30. The van der Waals surface area contributed by atoms with Crippen molar-refractivity contribution < 1.29 is 18.3 Å². The van der Waals surface area contributed by atoms with Gasteiger partial charge in [-0.15, -0.1) is 0 Å². The highest BCUT2D eigenvalue weighted by Crippen LogP contribution is 2.18. The predicted octanol–water partition coefficient (Wildman–Crippen LogP) is 1.28. The molecule has 2 rings (SSSR count). The maximum absolute atomic E-state index is 12.5. The number of hydrogen-bond donors (Lipinski definition) is 2. The Morgan fingerprint density at radius 1 is 1.12 bits per heavy atom. The van der Waals surface area contributed by atoms with Crippen LogP contribution in [0.15, 0.2) is 46.0 Å². The molecule has 3 N–H and O–H groups in total. The first-order chi connectivity index (χ1) is 11.2. The molecule has 0 aliphatic carbocycles. The fourth-order valence-electron chi connectivity index (χ4n) is 2.27. The Kier molecular flexibility index (Phi) is 5.13. The van der Waals surface area contributed by atoms with Crippen LogP contribution in [0.3, 0.4) is 0 Å². The monoisotopic (exact) mass is 343 g/mol. The molecule has 1 atom stereocenters. The summed E-state index contributed by atoms with van der Waals surface area (Å²) in [5.74, 6) is -0.554. The van der Waals surface area contributed by atoms with Gasteiger partial charge in [0.05, 0.1) is 6.10 Å². The van der Waals surface area contributed by atoms with Gasteiger partial charge in [-0.05, 0) is 12.0 Å². The van der Waals surface area contributed by atoms with E-state index in [1.54, 1.807) is 30.3 Å². The van der Waals surface area contributed by atoms with Crippen LogP contribution >= 0.6 is 0 Å². The molecule has 0 fully saturated rings. The van der Waals surface area contributed by atoms with E-state index in [2.05, 4.69) is 0 Å². The Morgan fingerprint density at radius 2 is 1.75 bits per heavy atom. The number of hydrogen-bond acceptors (Lipinski definition) is 4. The summed E-state index contributed by atoms with van der Waals surface area (Å²) in [7, 11) is 0. The van der Waals surface area contributed by atoms with E-state index in [1.165, 1.54) is 0 Å². The molecule has 1 heterocycles. The minimum absolute atomic E-state index is 0.00487. The van der Waals surface area contributed by atoms with Crippen molar-refractivity contribution >= 4 is 5.82 Å². The minimum Gasteiger partial charge on any atom is -0.388 e. The van der Waals surface area contributed by atoms with Crippen LogP contribution in [0.1, 0.15) is 18.1 Å². The summed E-state index contributed by atoms with van der Waals surface area (Å²) in [4.78, 5) is 23.9. The second kappa shape index (κ2) is 6.91. The minimum atomic E-state index is -4.65. The molecule has 0 saturated heterocycles. The topological polar surface area (TPSA) is 90.2 Å². The van der Waals surface area contributed by atoms with E-state index in [4.69, 9.17) is 5.73 Å². The number of nitrogens with zero attached hydrogens (tertiary/aromatic N) is 2. The summed E-state index contributed by atoms with van der Waals surface area (Å²) in [6.07, 6.45) is -5.61. The predicted molar refractivity (Wildman–Crippen MR) is 81.4 cm³/mol. The Hall–Kier alpha value is -2.55. The Labute approximate surface area is 134 Å². The zero-order valence-corrected chi connectivity index (χ0v) is 12.5. The number of aliphatic hydroxyl groups is 1. The molecule has 0 saturated carbocycles. The third-order valence-corrected chi connectivity index (χ3v) is 3.46. The Bertz CT molecular complexity index is 813. The lowest BCUT2D eigenvalue weighted by molar-refractivity contribution is -0.141. The third kappa shape index (κ3) is 4.25. The summed E-state index contributed by atoms with van der Waals surface area (Å²) in [5, 5.41) is 10.0. The highest BCUT2D eigenvalue weighted by atomic mass is 19.4. The van der Waals surface area contributed by atoms with Gasteiger partial charge in [0.1, 0.15) is 12.4 Å². The van der Waals surface area contributed by atoms with Crippen LogP contribution in [0.4, 0.5) is 19.0 Å². The maximum atomic E-state index is 12.5. The van der Waals surface area contributed by atoms with Crippen molar-refractivity contribution in [2.75, 3.05) is 5.73 Å². The fourth-order valence-corrected chi connectivity index (χ4v) is 2.27. The van der Waals surface area contributed by atoms with E-state index in [-0.39, 0.29) is 17.5 Å². The van der Waals surface area contributed by atoms with E-state index in [0.29, 0.717) is 10.1 Å². The highest BCUT2D eigenvalue weighted by molar-refractivity contribution is 5.26. The Balaban J connectivity index is 2.26. The first-order valence-corrected chi connectivity index (χ1v) is 7.09. The van der Waals surface area contributed by atoms with Gasteiger partial charge in [-0.2, -0.15) is 13.2 Å². The molecular weight excluding hydrogens is 327 g/mol. The summed E-state index contributed by atoms with van der Waals surface area (Å²) >= 11 is 0. The van der Waals surface area contributed by atoms with Gasteiger partial charge in [0.15, 0.2) is 0 Å². The van der Waals surface area contributed by atoms with Crippen LogP contribution in [-0.4, -0.2) is 20.4 Å². The summed E-state index contributed by atoms with van der Waals surface area (Å²) < 4.78 is 38.5. The van der Waals surface area contributed by atoms with Gasteiger partial charge in [0.2, 0.25) is 0 Å². The van der Waals surface area contributed by atoms with E-state index in [1.807, 2.05) is 0 Å². The Morgan fingerprint density at radius 3 is 2.33 bits per heavy atom. The van der Waals surface area contributed by atoms with Crippen LogP contribution in [0.25, 0.3) is 0 Å². The van der Waals surface area contributed by atoms with Gasteiger partial charge in [-0.1, -0.05) is 30.3 Å². The van der Waals surface area contributed by atoms with E-state index >= 15 is 0 Å². The van der Waals surface area contributed by atoms with Crippen molar-refractivity contribution in [3.8, 4) is 0 Å². The summed E-state index contributed by atoms with van der Waals surface area (Å²) in [6.45, 7) is -1.81. The zero-order valence-electron chi connectivity index (χ0n) is 12.5. The van der Waals surface area contributed by atoms with Gasteiger partial charge in [0, 0.05) is 12.6 Å². The SMILES string of the molecule is Nc1cc(=O)n(CC[C@H](O)c2ccccc2)c(=O)n1CC(F)(F)F. The molecule has 0 bridgehead atoms. The normalized spacial score (nSPS) is 13.0. The number of aliphatic hydroxyl groups excluding tert-OH is 1. The van der Waals surface area contributed by atoms with Crippen LogP contribution in [0.5, 0.6) is 0 Å². The lowest BCUT2D eigenvalue weighted by Crippen LogP contribution is -2.42. The molecular formula is C15H16F3N3O3. The van der Waals surface area contributed by atoms with E-state index < -0.39 is 35.9 Å². The molecule has 0 unspecified atom stereocenters. The lowest BCUT2D eigenvalue weighted by atomic mass is 10.1. The number of aromatic nitrogens is 2. The molecule has 1 aromatic heterocycles. The average molecular weight is 343 g/mol. The number of nitrogen functional groups attached to an aromatic ring is 1. The largest absolute Gasteiger partial charge is 0.406 e. The molecule has 0 aliphatic heterocycles. The number of rotatable bonds is 5. The number of halogens is 3. The molecule has 1 aromatic carbocycles. The smallest absolute Gasteiger partial charge is 0.388 e. The van der Waals surface area contributed by atoms with Gasteiger partial charge in [-0.25, -0.2) is 4.79 Å². The molecule has 2 aromatic rings. The fraction of sp³-hybridized carbons (Fsp3) is 0.333. The van der Waals surface area contributed by atoms with Crippen LogP contribution in [-0.2, 0) is 13.1 Å². The van der Waals surface area contributed by atoms with E-state index in [0.717, 1.165) is 6.07 Å². The van der Waals surface area contributed by atoms with Crippen molar-refractivity contribution in [2.45, 2.75) is 31.8 Å². The first-order valence-electron chi connectivity index (χ1n) is 7.09. The summed E-state index contributed by atoms with van der Waals surface area (Å²) in [6, 6.07) is 9.28. The first kappa shape index (κ1) is 17.8. The molecule has 9 heteroatoms. The summed E-state index contributed by atoms with van der Waals surface area (Å²) in [5.41, 5.74) is 3.96. The van der Waals surface area contributed by atoms with Crippen molar-refractivity contribution in [3.63, 3.8) is 0 Å². The number of nitrogens with two attached hydrogens (primary N) is 1. The van der Waals surface area contributed by atoms with Gasteiger partial charge in [-0.3, -0.25) is 13.9 Å². The van der Waals surface area contributed by atoms with Gasteiger partial charge in [0.25, 0.3) is 5.56 Å².